The molecule has 0 spiro atoms. The van der Waals surface area contributed by atoms with E-state index in [-0.39, 0.29) is 21.8 Å². The lowest BCUT2D eigenvalue weighted by Crippen LogP contribution is -2.46. The number of nitrogens with one attached hydrogen (secondary N) is 2. The van der Waals surface area contributed by atoms with Gasteiger partial charge in [-0.2, -0.15) is 0 Å². The summed E-state index contributed by atoms with van der Waals surface area (Å²) in [5.41, 5.74) is 1.98. The summed E-state index contributed by atoms with van der Waals surface area (Å²) in [5, 5.41) is 7.21. The fourth-order valence-electron chi connectivity index (χ4n) is 5.10. The van der Waals surface area contributed by atoms with Gasteiger partial charge in [-0.3, -0.25) is 4.79 Å². The van der Waals surface area contributed by atoms with E-state index in [1.54, 1.807) is 0 Å². The Labute approximate surface area is 207 Å². The second kappa shape index (κ2) is 9.43. The van der Waals surface area contributed by atoms with E-state index in [9.17, 15) is 13.6 Å². The number of piperidine rings is 1. The Kier molecular flexibility index (Phi) is 6.14. The Hall–Kier alpha value is -2.65. The monoisotopic (exact) mass is 497 g/mol. The molecule has 9 heteroatoms. The molecule has 0 radical (unpaired) electrons. The summed E-state index contributed by atoms with van der Waals surface area (Å²) in [4.78, 5) is 20.3. The highest BCUT2D eigenvalue weighted by atomic mass is 32.2. The van der Waals surface area contributed by atoms with Crippen LogP contribution in [0, 0.1) is 17.6 Å². The fourth-order valence-corrected chi connectivity index (χ4v) is 6.18. The Morgan fingerprint density at radius 2 is 2.06 bits per heavy atom. The molecule has 0 unspecified atom stereocenters. The molecule has 35 heavy (non-hydrogen) atoms. The minimum atomic E-state index is -0.957. The van der Waals surface area contributed by atoms with Gasteiger partial charge < -0.3 is 20.1 Å². The van der Waals surface area contributed by atoms with Gasteiger partial charge in [-0.25, -0.2) is 13.8 Å². The van der Waals surface area contributed by atoms with Gasteiger partial charge in [0.15, 0.2) is 17.1 Å². The summed E-state index contributed by atoms with van der Waals surface area (Å²) in [6, 6.07) is 5.45. The van der Waals surface area contributed by atoms with E-state index in [0.717, 1.165) is 56.0 Å². The molecular formula is C26H29F2N5OS. The third-order valence-corrected chi connectivity index (χ3v) is 8.30. The maximum atomic E-state index is 14.3. The maximum absolute atomic E-state index is 14.3. The van der Waals surface area contributed by atoms with Crippen LogP contribution in [0.3, 0.4) is 0 Å². The van der Waals surface area contributed by atoms with Crippen LogP contribution in [0.2, 0.25) is 0 Å². The Balaban J connectivity index is 1.15. The van der Waals surface area contributed by atoms with Crippen LogP contribution in [0.25, 0.3) is 10.9 Å². The first kappa shape index (κ1) is 22.8. The van der Waals surface area contributed by atoms with Crippen LogP contribution in [-0.2, 0) is 13.1 Å². The molecule has 3 aliphatic rings. The van der Waals surface area contributed by atoms with Crippen molar-refractivity contribution < 1.29 is 8.78 Å². The second-order valence-corrected chi connectivity index (χ2v) is 10.9. The number of hydrogen-bond donors (Lipinski definition) is 2. The molecule has 0 bridgehead atoms. The van der Waals surface area contributed by atoms with Gasteiger partial charge in [0.1, 0.15) is 5.82 Å². The minimum Gasteiger partial charge on any atom is -0.370 e. The van der Waals surface area contributed by atoms with Crippen LogP contribution in [0.15, 0.2) is 40.3 Å². The van der Waals surface area contributed by atoms with E-state index in [2.05, 4.69) is 26.6 Å². The van der Waals surface area contributed by atoms with Crippen molar-refractivity contribution in [1.82, 2.24) is 14.9 Å². The zero-order chi connectivity index (χ0) is 23.9. The summed E-state index contributed by atoms with van der Waals surface area (Å²) in [6.45, 7) is 3.88. The van der Waals surface area contributed by atoms with Gasteiger partial charge in [0.2, 0.25) is 0 Å². The largest absolute Gasteiger partial charge is 0.370 e. The van der Waals surface area contributed by atoms with Gasteiger partial charge >= 0.3 is 0 Å². The molecule has 1 saturated carbocycles. The van der Waals surface area contributed by atoms with Crippen LogP contribution in [-0.4, -0.2) is 41.0 Å². The Morgan fingerprint density at radius 3 is 2.86 bits per heavy atom. The lowest BCUT2D eigenvalue weighted by atomic mass is 10.0. The first-order chi connectivity index (χ1) is 17.1. The van der Waals surface area contributed by atoms with Crippen LogP contribution in [0.5, 0.6) is 0 Å². The van der Waals surface area contributed by atoms with Crippen molar-refractivity contribution in [2.24, 2.45) is 5.92 Å². The normalized spacial score (nSPS) is 19.8. The lowest BCUT2D eigenvalue weighted by Gasteiger charge is -2.35. The Morgan fingerprint density at radius 1 is 1.17 bits per heavy atom. The first-order valence-electron chi connectivity index (χ1n) is 12.4. The fraction of sp³-hybridized carbons (Fsp3) is 0.462. The van der Waals surface area contributed by atoms with E-state index >= 15 is 0 Å². The molecular weight excluding hydrogens is 468 g/mol. The van der Waals surface area contributed by atoms with E-state index < -0.39 is 11.6 Å². The number of halogens is 2. The smallest absolute Gasteiger partial charge is 0.194 e. The maximum Gasteiger partial charge on any atom is 0.194 e. The molecule has 6 rings (SSSR count). The molecule has 1 atom stereocenters. The third-order valence-electron chi connectivity index (χ3n) is 7.25. The van der Waals surface area contributed by atoms with Crippen molar-refractivity contribution in [3.63, 3.8) is 0 Å². The number of benzene rings is 1. The number of pyridine rings is 2. The van der Waals surface area contributed by atoms with Crippen molar-refractivity contribution in [2.45, 2.75) is 49.7 Å². The van der Waals surface area contributed by atoms with Gasteiger partial charge in [0.25, 0.3) is 0 Å². The van der Waals surface area contributed by atoms with Crippen LogP contribution in [0.1, 0.15) is 31.2 Å². The summed E-state index contributed by atoms with van der Waals surface area (Å²) >= 11 is 1.27. The number of thioether (sulfide) groups is 1. The first-order valence-corrected chi connectivity index (χ1v) is 13.4. The number of nitrogens with zero attached hydrogens (tertiary/aromatic N) is 3. The number of aromatic nitrogens is 2. The topological polar surface area (TPSA) is 62.2 Å². The lowest BCUT2D eigenvalue weighted by molar-refractivity contribution is 0.420. The molecule has 0 amide bonds. The molecule has 4 heterocycles. The molecule has 1 aromatic carbocycles. The highest BCUT2D eigenvalue weighted by Crippen LogP contribution is 2.35. The Bertz CT molecular complexity index is 1310. The van der Waals surface area contributed by atoms with Crippen LogP contribution < -0.4 is 21.0 Å². The van der Waals surface area contributed by atoms with Crippen molar-refractivity contribution >= 4 is 34.2 Å². The highest BCUT2D eigenvalue weighted by Gasteiger charge is 2.25. The number of aryl methyl sites for hydroxylation is 1. The number of anilines is 2. The number of hydrogen-bond acceptors (Lipinski definition) is 6. The van der Waals surface area contributed by atoms with Crippen LogP contribution in [0.4, 0.5) is 20.3 Å². The van der Waals surface area contributed by atoms with Gasteiger partial charge in [0, 0.05) is 56.3 Å². The minimum absolute atomic E-state index is 0.224. The van der Waals surface area contributed by atoms with Gasteiger partial charge in [-0.05, 0) is 49.8 Å². The van der Waals surface area contributed by atoms with E-state index in [1.807, 2.05) is 23.0 Å². The molecule has 2 fully saturated rings. The van der Waals surface area contributed by atoms with Gasteiger partial charge in [-0.15, -0.1) is 11.8 Å². The predicted octanol–water partition coefficient (Wildman–Crippen LogP) is 4.36. The average Bonchev–Trinajstić information content (AvgIpc) is 3.72. The van der Waals surface area contributed by atoms with Crippen LogP contribution >= 0.6 is 11.8 Å². The molecule has 2 N–H and O–H groups in total. The second-order valence-electron chi connectivity index (χ2n) is 9.81. The summed E-state index contributed by atoms with van der Waals surface area (Å²) in [5.74, 6) is 0.566. The third kappa shape index (κ3) is 4.63. The van der Waals surface area contributed by atoms with E-state index in [1.165, 1.54) is 24.6 Å². The molecule has 1 aliphatic carbocycles. The highest BCUT2D eigenvalue weighted by molar-refractivity contribution is 7.99. The van der Waals surface area contributed by atoms with E-state index in [0.29, 0.717) is 29.9 Å². The summed E-state index contributed by atoms with van der Waals surface area (Å²) in [7, 11) is 0. The molecule has 3 aromatic rings. The summed E-state index contributed by atoms with van der Waals surface area (Å²) in [6.07, 6.45) is 8.45. The van der Waals surface area contributed by atoms with Crippen molar-refractivity contribution in [3.05, 3.63) is 58.0 Å². The zero-order valence-electron chi connectivity index (χ0n) is 19.5. The van der Waals surface area contributed by atoms with Crippen molar-refractivity contribution in [2.75, 3.05) is 35.6 Å². The SMILES string of the molecule is O=c1c(CN[C@H]2CCCN(c3ccc(NCC4CC4)nc3)C2)cn2c3c(c(F)c(F)cc13)SCC2. The number of rotatable bonds is 7. The molecule has 2 aromatic heterocycles. The van der Waals surface area contributed by atoms with Crippen molar-refractivity contribution in [1.29, 1.82) is 0 Å². The standard InChI is InChI=1S/C26H29F2N5OS/c27-21-10-20-24-26(23(21)28)35-9-8-33(24)14-17(25(20)34)12-29-18-2-1-7-32(15-18)19-5-6-22(31-13-19)30-11-16-3-4-16/h5-6,10,13-14,16,18,29H,1-4,7-9,11-12,15H2,(H,30,31)/t18-/m0/s1. The van der Waals surface area contributed by atoms with Gasteiger partial charge in [-0.1, -0.05) is 0 Å². The molecule has 1 saturated heterocycles. The molecule has 2 aliphatic heterocycles. The summed E-state index contributed by atoms with van der Waals surface area (Å²) < 4.78 is 30.4. The van der Waals surface area contributed by atoms with E-state index in [4.69, 9.17) is 0 Å². The average molecular weight is 498 g/mol. The quantitative estimate of drug-likeness (QED) is 0.506. The molecule has 6 nitrogen and oxygen atoms in total. The van der Waals surface area contributed by atoms with Gasteiger partial charge in [0.05, 0.1) is 27.7 Å². The van der Waals surface area contributed by atoms with Crippen molar-refractivity contribution in [3.8, 4) is 0 Å². The molecule has 184 valence electrons. The predicted molar refractivity (Wildman–Crippen MR) is 136 cm³/mol. The zero-order valence-corrected chi connectivity index (χ0v) is 20.3.